The van der Waals surface area contributed by atoms with E-state index in [0.29, 0.717) is 29.6 Å². The molecule has 0 aliphatic carbocycles. The van der Waals surface area contributed by atoms with Crippen molar-refractivity contribution in [2.75, 3.05) is 37.7 Å². The molecule has 0 radical (unpaired) electrons. The van der Waals surface area contributed by atoms with E-state index < -0.39 is 0 Å². The fraction of sp³-hybridized carbons (Fsp3) is 0.368. The van der Waals surface area contributed by atoms with E-state index in [4.69, 9.17) is 22.4 Å². The Labute approximate surface area is 166 Å². The fourth-order valence-corrected chi connectivity index (χ4v) is 3.19. The molecule has 0 saturated carbocycles. The number of hydrogen-bond acceptors (Lipinski definition) is 6. The summed E-state index contributed by atoms with van der Waals surface area (Å²) >= 11 is 5.48. The molecular formula is C19H26N6OS. The molecule has 8 heteroatoms. The first-order valence-electron chi connectivity index (χ1n) is 8.93. The van der Waals surface area contributed by atoms with Crippen LogP contribution in [0.15, 0.2) is 53.5 Å². The van der Waals surface area contributed by atoms with Gasteiger partial charge in [-0.3, -0.25) is 10.8 Å². The van der Waals surface area contributed by atoms with Gasteiger partial charge in [0, 0.05) is 40.2 Å². The van der Waals surface area contributed by atoms with E-state index in [1.54, 1.807) is 6.08 Å². The standard InChI is InChI=1S/C19H24N6OS.H2/c1-3-14(2)18-17(20)15(7-13-26-18)22-23-19(27)25-11-9-24(10-12-25)16-6-4-5-8-21-16;/h3-6,8,20H,1,7,9-13H2,2H3,(H,23,27);1H/b18-14+,20-17?,22-15-;. The van der Waals surface area contributed by atoms with E-state index in [-0.39, 0.29) is 7.14 Å². The van der Waals surface area contributed by atoms with Gasteiger partial charge < -0.3 is 14.5 Å². The average molecular weight is 387 g/mol. The summed E-state index contributed by atoms with van der Waals surface area (Å²) in [5.74, 6) is 1.52. The number of aromatic nitrogens is 1. The molecule has 0 aromatic carbocycles. The molecule has 3 heterocycles. The molecule has 0 amide bonds. The molecule has 1 aromatic heterocycles. The van der Waals surface area contributed by atoms with Crippen molar-refractivity contribution in [1.29, 1.82) is 5.41 Å². The van der Waals surface area contributed by atoms with Gasteiger partial charge in [-0.2, -0.15) is 5.10 Å². The summed E-state index contributed by atoms with van der Waals surface area (Å²) < 4.78 is 5.57. The highest BCUT2D eigenvalue weighted by molar-refractivity contribution is 7.80. The molecule has 0 bridgehead atoms. The molecule has 0 unspecified atom stereocenters. The first-order valence-corrected chi connectivity index (χ1v) is 9.34. The topological polar surface area (TPSA) is 76.8 Å². The lowest BCUT2D eigenvalue weighted by Crippen LogP contribution is -2.51. The zero-order valence-electron chi connectivity index (χ0n) is 15.4. The van der Waals surface area contributed by atoms with Gasteiger partial charge in [-0.1, -0.05) is 18.7 Å². The SMILES string of the molecule is C=C/C(C)=C1/OCC/C(=N/NC(=S)N2CCN(c3ccccn3)CC2)C1=N.[HH]. The van der Waals surface area contributed by atoms with Crippen LogP contribution < -0.4 is 10.3 Å². The highest BCUT2D eigenvalue weighted by Gasteiger charge is 2.23. The van der Waals surface area contributed by atoms with Crippen LogP contribution in [-0.4, -0.2) is 59.2 Å². The average Bonchev–Trinajstić information content (AvgIpc) is 2.73. The second-order valence-corrected chi connectivity index (χ2v) is 6.71. The number of hydrazone groups is 1. The maximum atomic E-state index is 8.28. The molecule has 2 aliphatic rings. The van der Waals surface area contributed by atoms with E-state index in [1.807, 2.05) is 31.3 Å². The monoisotopic (exact) mass is 386 g/mol. The lowest BCUT2D eigenvalue weighted by Gasteiger charge is -2.36. The van der Waals surface area contributed by atoms with Crippen LogP contribution in [0.3, 0.4) is 0 Å². The van der Waals surface area contributed by atoms with E-state index in [2.05, 4.69) is 31.9 Å². The minimum Gasteiger partial charge on any atom is -0.491 e. The third-order valence-electron chi connectivity index (χ3n) is 4.59. The molecule has 144 valence electrons. The third kappa shape index (κ3) is 4.51. The summed E-state index contributed by atoms with van der Waals surface area (Å²) in [6, 6.07) is 5.94. The van der Waals surface area contributed by atoms with Crippen molar-refractivity contribution in [3.63, 3.8) is 0 Å². The summed E-state index contributed by atoms with van der Waals surface area (Å²) in [6.45, 7) is 9.41. The Hall–Kier alpha value is -2.74. The molecule has 27 heavy (non-hydrogen) atoms. The van der Waals surface area contributed by atoms with Gasteiger partial charge in [0.2, 0.25) is 0 Å². The van der Waals surface area contributed by atoms with E-state index in [0.717, 1.165) is 37.6 Å². The number of nitrogens with one attached hydrogen (secondary N) is 2. The Bertz CT molecular complexity index is 787. The molecule has 0 atom stereocenters. The number of pyridine rings is 1. The molecule has 2 N–H and O–H groups in total. The summed E-state index contributed by atoms with van der Waals surface area (Å²) in [5, 5.41) is 13.2. The van der Waals surface area contributed by atoms with Crippen LogP contribution in [0, 0.1) is 5.41 Å². The predicted octanol–water partition coefficient (Wildman–Crippen LogP) is 2.58. The molecule has 0 spiro atoms. The van der Waals surface area contributed by atoms with Gasteiger partial charge in [0.15, 0.2) is 5.11 Å². The predicted molar refractivity (Wildman–Crippen MR) is 114 cm³/mol. The maximum Gasteiger partial charge on any atom is 0.189 e. The number of rotatable bonds is 3. The zero-order valence-corrected chi connectivity index (χ0v) is 16.3. The fourth-order valence-electron chi connectivity index (χ4n) is 2.96. The van der Waals surface area contributed by atoms with Crippen LogP contribution in [0.4, 0.5) is 5.82 Å². The van der Waals surface area contributed by atoms with Crippen LogP contribution in [0.5, 0.6) is 0 Å². The minimum atomic E-state index is 0. The van der Waals surface area contributed by atoms with Crippen LogP contribution in [-0.2, 0) is 4.74 Å². The first kappa shape index (κ1) is 19.0. The summed E-state index contributed by atoms with van der Waals surface area (Å²) in [6.07, 6.45) is 4.07. The normalized spacial score (nSPS) is 20.9. The number of nitrogens with zero attached hydrogens (tertiary/aromatic N) is 4. The summed E-state index contributed by atoms with van der Waals surface area (Å²) in [4.78, 5) is 8.73. The summed E-state index contributed by atoms with van der Waals surface area (Å²) in [7, 11) is 0. The first-order chi connectivity index (χ1) is 13.1. The highest BCUT2D eigenvalue weighted by atomic mass is 32.1. The van der Waals surface area contributed by atoms with Crippen molar-refractivity contribution in [3.05, 3.63) is 48.4 Å². The van der Waals surface area contributed by atoms with Crippen LogP contribution in [0.1, 0.15) is 14.8 Å². The van der Waals surface area contributed by atoms with Crippen molar-refractivity contribution < 1.29 is 6.16 Å². The van der Waals surface area contributed by atoms with Gasteiger partial charge >= 0.3 is 0 Å². The van der Waals surface area contributed by atoms with Crippen molar-refractivity contribution in [2.45, 2.75) is 13.3 Å². The molecular weight excluding hydrogens is 360 g/mol. The number of hydrogen-bond donors (Lipinski definition) is 2. The van der Waals surface area contributed by atoms with Gasteiger partial charge in [0.1, 0.15) is 17.3 Å². The number of piperazine rings is 1. The van der Waals surface area contributed by atoms with Gasteiger partial charge in [0.25, 0.3) is 0 Å². The molecule has 2 saturated heterocycles. The number of anilines is 1. The van der Waals surface area contributed by atoms with Crippen LogP contribution >= 0.6 is 12.2 Å². The number of thiocarbonyl (C=S) groups is 1. The van der Waals surface area contributed by atoms with Crippen molar-refractivity contribution in [1.82, 2.24) is 15.3 Å². The Morgan fingerprint density at radius 2 is 2.19 bits per heavy atom. The molecule has 2 fully saturated rings. The van der Waals surface area contributed by atoms with E-state index >= 15 is 0 Å². The van der Waals surface area contributed by atoms with Crippen molar-refractivity contribution in [2.24, 2.45) is 5.10 Å². The number of allylic oxidation sites excluding steroid dienone is 3. The van der Waals surface area contributed by atoms with Gasteiger partial charge in [-0.15, -0.1) is 0 Å². The Morgan fingerprint density at radius 3 is 2.85 bits per heavy atom. The maximum absolute atomic E-state index is 8.28. The molecule has 2 aliphatic heterocycles. The van der Waals surface area contributed by atoms with E-state index in [9.17, 15) is 0 Å². The minimum absolute atomic E-state index is 0. The lowest BCUT2D eigenvalue weighted by molar-refractivity contribution is 0.232. The Balaban J connectivity index is 0.00000280. The number of ether oxygens (including phenoxy) is 1. The molecule has 7 nitrogen and oxygen atoms in total. The lowest BCUT2D eigenvalue weighted by atomic mass is 10.0. The zero-order chi connectivity index (χ0) is 19.2. The third-order valence-corrected chi connectivity index (χ3v) is 4.94. The van der Waals surface area contributed by atoms with Crippen molar-refractivity contribution >= 4 is 34.6 Å². The Morgan fingerprint density at radius 1 is 1.41 bits per heavy atom. The molecule has 3 rings (SSSR count). The van der Waals surface area contributed by atoms with Crippen LogP contribution in [0.25, 0.3) is 0 Å². The summed E-state index contributed by atoms with van der Waals surface area (Å²) in [5.41, 5.74) is 4.72. The van der Waals surface area contributed by atoms with Gasteiger partial charge in [0.05, 0.1) is 12.3 Å². The highest BCUT2D eigenvalue weighted by Crippen LogP contribution is 2.16. The second kappa shape index (κ2) is 8.77. The van der Waals surface area contributed by atoms with E-state index in [1.165, 1.54) is 0 Å². The van der Waals surface area contributed by atoms with Crippen molar-refractivity contribution in [3.8, 4) is 0 Å². The Kier molecular flexibility index (Phi) is 6.18. The van der Waals surface area contributed by atoms with Gasteiger partial charge in [-0.25, -0.2) is 4.98 Å². The second-order valence-electron chi connectivity index (χ2n) is 6.33. The molecule has 1 aromatic rings. The largest absolute Gasteiger partial charge is 0.491 e. The smallest absolute Gasteiger partial charge is 0.189 e. The quantitative estimate of drug-likeness (QED) is 0.614. The van der Waals surface area contributed by atoms with Crippen LogP contribution in [0.2, 0.25) is 0 Å². The van der Waals surface area contributed by atoms with Gasteiger partial charge in [-0.05, 0) is 36.8 Å².